The van der Waals surface area contributed by atoms with Crippen LogP contribution in [0.5, 0.6) is 5.75 Å². The standard InChI is InChI=1S/C28H20Br2N4O7S3/c29-13-1-6-16(7-2-13)34-26(36)22-21(23-25(33-28(38)43-23)42-24(22)27(34)37)18-11-14(30)3-10-19(18)41-12-20(35)32-15-4-8-17(9-5-15)44(31,39)40/h1-11,21-22,24H,12H2,(H,32,35)(H,33,38)(H2,31,39,40)/t21-,22-,24+/m0/s1. The quantitative estimate of drug-likeness (QED) is 0.232. The number of ether oxygens (including phenoxy) is 1. The van der Waals surface area contributed by atoms with Crippen molar-refractivity contribution in [2.45, 2.75) is 21.1 Å². The van der Waals surface area contributed by atoms with Gasteiger partial charge in [0.25, 0.3) is 5.91 Å². The van der Waals surface area contributed by atoms with E-state index in [-0.39, 0.29) is 21.4 Å². The second-order valence-corrected chi connectivity index (χ2v) is 15.4. The predicted molar refractivity (Wildman–Crippen MR) is 173 cm³/mol. The number of thiazole rings is 1. The number of nitrogens with zero attached hydrogens (tertiary/aromatic N) is 1. The number of carbonyl (C=O) groups excluding carboxylic acids is 3. The molecule has 4 aromatic rings. The summed E-state index contributed by atoms with van der Waals surface area (Å²) in [5.41, 5.74) is 1.29. The van der Waals surface area contributed by atoms with E-state index in [9.17, 15) is 27.6 Å². The van der Waals surface area contributed by atoms with Gasteiger partial charge < -0.3 is 15.0 Å². The Kier molecular flexibility index (Phi) is 8.32. The fourth-order valence-electron chi connectivity index (χ4n) is 5.16. The molecule has 6 rings (SSSR count). The van der Waals surface area contributed by atoms with Crippen LogP contribution in [0.2, 0.25) is 0 Å². The lowest BCUT2D eigenvalue weighted by Crippen LogP contribution is -2.32. The van der Waals surface area contributed by atoms with E-state index in [4.69, 9.17) is 9.88 Å². The van der Waals surface area contributed by atoms with E-state index in [1.54, 1.807) is 42.5 Å². The van der Waals surface area contributed by atoms with Gasteiger partial charge in [0.05, 0.1) is 21.5 Å². The van der Waals surface area contributed by atoms with Crippen molar-refractivity contribution in [3.8, 4) is 5.75 Å². The predicted octanol–water partition coefficient (Wildman–Crippen LogP) is 4.42. The maximum absolute atomic E-state index is 14.0. The summed E-state index contributed by atoms with van der Waals surface area (Å²) in [6, 6.07) is 17.3. The Bertz CT molecular complexity index is 1980. The first-order chi connectivity index (χ1) is 20.9. The Balaban J connectivity index is 1.32. The van der Waals surface area contributed by atoms with Gasteiger partial charge in [-0.25, -0.2) is 18.5 Å². The number of thioether (sulfide) groups is 1. The fraction of sp³-hybridized carbons (Fsp3) is 0.143. The molecule has 2 aliphatic rings. The molecule has 0 unspecified atom stereocenters. The first-order valence-electron chi connectivity index (χ1n) is 12.8. The van der Waals surface area contributed by atoms with E-state index in [1.165, 1.54) is 29.2 Å². The van der Waals surface area contributed by atoms with Gasteiger partial charge in [0, 0.05) is 31.0 Å². The minimum Gasteiger partial charge on any atom is -0.483 e. The second-order valence-electron chi connectivity index (χ2n) is 9.83. The summed E-state index contributed by atoms with van der Waals surface area (Å²) in [6.45, 7) is -0.421. The molecule has 0 spiro atoms. The number of hydrogen-bond acceptors (Lipinski definition) is 9. The second kappa shape index (κ2) is 11.9. The third-order valence-corrected chi connectivity index (χ3v) is 11.4. The van der Waals surface area contributed by atoms with E-state index < -0.39 is 45.5 Å². The highest BCUT2D eigenvalue weighted by molar-refractivity contribution is 9.10. The van der Waals surface area contributed by atoms with Crippen molar-refractivity contribution in [3.63, 3.8) is 0 Å². The summed E-state index contributed by atoms with van der Waals surface area (Å²) in [6.07, 6.45) is 0. The third-order valence-electron chi connectivity index (χ3n) is 7.04. The van der Waals surface area contributed by atoms with Crippen LogP contribution in [-0.4, -0.2) is 43.0 Å². The Morgan fingerprint density at radius 3 is 2.34 bits per heavy atom. The number of benzene rings is 3. The number of rotatable bonds is 7. The number of H-pyrrole nitrogens is 1. The number of anilines is 2. The van der Waals surface area contributed by atoms with Gasteiger partial charge >= 0.3 is 4.87 Å². The van der Waals surface area contributed by atoms with Gasteiger partial charge in [-0.05, 0) is 66.7 Å². The summed E-state index contributed by atoms with van der Waals surface area (Å²) in [7, 11) is -3.88. The molecule has 16 heteroatoms. The van der Waals surface area contributed by atoms with Crippen molar-refractivity contribution in [3.05, 3.63) is 95.8 Å². The molecule has 1 saturated heterocycles. The number of nitrogens with one attached hydrogen (secondary N) is 2. The van der Waals surface area contributed by atoms with Crippen LogP contribution >= 0.6 is 55.0 Å². The molecule has 4 N–H and O–H groups in total. The van der Waals surface area contributed by atoms with Crippen LogP contribution in [0.15, 0.2) is 90.4 Å². The molecule has 0 bridgehead atoms. The van der Waals surface area contributed by atoms with Crippen LogP contribution in [0.3, 0.4) is 0 Å². The van der Waals surface area contributed by atoms with Crippen LogP contribution in [0.25, 0.3) is 0 Å². The molecule has 3 amide bonds. The summed E-state index contributed by atoms with van der Waals surface area (Å²) in [5, 5.41) is 7.47. The molecule has 3 aromatic carbocycles. The van der Waals surface area contributed by atoms with Gasteiger partial charge in [-0.15, -0.1) is 0 Å². The minimum absolute atomic E-state index is 0.0970. The van der Waals surface area contributed by atoms with Crippen molar-refractivity contribution in [2.75, 3.05) is 16.8 Å². The van der Waals surface area contributed by atoms with Gasteiger partial charge in [0.1, 0.15) is 11.0 Å². The number of fused-ring (bicyclic) bond motifs is 2. The molecule has 0 radical (unpaired) electrons. The molecular formula is C28H20Br2N4O7S3. The largest absolute Gasteiger partial charge is 0.483 e. The summed E-state index contributed by atoms with van der Waals surface area (Å²) >= 11 is 8.99. The summed E-state index contributed by atoms with van der Waals surface area (Å²) in [4.78, 5) is 57.2. The lowest BCUT2D eigenvalue weighted by Gasteiger charge is -2.31. The van der Waals surface area contributed by atoms with Gasteiger partial charge in [-0.3, -0.25) is 19.2 Å². The van der Waals surface area contributed by atoms with Crippen molar-refractivity contribution in [2.24, 2.45) is 11.1 Å². The van der Waals surface area contributed by atoms with Gasteiger partial charge in [-0.1, -0.05) is 55.0 Å². The lowest BCUT2D eigenvalue weighted by molar-refractivity contribution is -0.122. The van der Waals surface area contributed by atoms with E-state index in [0.29, 0.717) is 31.3 Å². The van der Waals surface area contributed by atoms with Crippen molar-refractivity contribution < 1.29 is 27.5 Å². The molecule has 3 heterocycles. The number of halogens is 2. The van der Waals surface area contributed by atoms with Crippen LogP contribution in [-0.2, 0) is 24.4 Å². The molecule has 1 fully saturated rings. The van der Waals surface area contributed by atoms with E-state index in [0.717, 1.165) is 27.6 Å². The normalized spacial score (nSPS) is 19.4. The fourth-order valence-corrected chi connectivity index (χ4v) is 8.82. The number of aromatic nitrogens is 1. The van der Waals surface area contributed by atoms with Crippen LogP contribution in [0.1, 0.15) is 16.4 Å². The minimum atomic E-state index is -3.88. The molecular weight excluding hydrogens is 760 g/mol. The smallest absolute Gasteiger partial charge is 0.305 e. The van der Waals surface area contributed by atoms with Crippen molar-refractivity contribution in [1.29, 1.82) is 0 Å². The van der Waals surface area contributed by atoms with Gasteiger partial charge in [0.2, 0.25) is 21.8 Å². The number of nitrogens with two attached hydrogens (primary N) is 1. The number of imide groups is 1. The summed E-state index contributed by atoms with van der Waals surface area (Å²) in [5.74, 6) is -2.60. The summed E-state index contributed by atoms with van der Waals surface area (Å²) < 4.78 is 30.4. The number of sulfonamides is 1. The first-order valence-corrected chi connectivity index (χ1v) is 17.6. The Morgan fingerprint density at radius 2 is 1.66 bits per heavy atom. The molecule has 0 aliphatic carbocycles. The van der Waals surface area contributed by atoms with E-state index >= 15 is 0 Å². The SMILES string of the molecule is NS(=O)(=O)c1ccc(NC(=O)COc2ccc(Br)cc2[C@@H]2c3sc(=O)[nH]c3S[C@H]3C(=O)N(c4ccc(Br)cc4)C(=O)[C@@H]23)cc1. The Labute approximate surface area is 275 Å². The van der Waals surface area contributed by atoms with Gasteiger partial charge in [-0.2, -0.15) is 0 Å². The maximum Gasteiger partial charge on any atom is 0.305 e. The average Bonchev–Trinajstić information content (AvgIpc) is 3.46. The molecule has 226 valence electrons. The number of aromatic amines is 1. The topological polar surface area (TPSA) is 169 Å². The maximum atomic E-state index is 14.0. The van der Waals surface area contributed by atoms with Crippen LogP contribution in [0.4, 0.5) is 11.4 Å². The number of hydrogen-bond donors (Lipinski definition) is 3. The number of primary sulfonamides is 1. The molecule has 0 saturated carbocycles. The van der Waals surface area contributed by atoms with Crippen molar-refractivity contribution in [1.82, 2.24) is 4.98 Å². The zero-order valence-electron chi connectivity index (χ0n) is 22.2. The third kappa shape index (κ3) is 5.89. The number of carbonyl (C=O) groups is 3. The zero-order chi connectivity index (χ0) is 31.3. The zero-order valence-corrected chi connectivity index (χ0v) is 27.8. The van der Waals surface area contributed by atoms with E-state index in [2.05, 4.69) is 42.2 Å². The van der Waals surface area contributed by atoms with Gasteiger partial charge in [0.15, 0.2) is 6.61 Å². The molecule has 2 aliphatic heterocycles. The highest BCUT2D eigenvalue weighted by atomic mass is 79.9. The molecule has 3 atom stereocenters. The number of amides is 3. The highest BCUT2D eigenvalue weighted by Crippen LogP contribution is 2.54. The monoisotopic (exact) mass is 778 g/mol. The van der Waals surface area contributed by atoms with Crippen LogP contribution in [0, 0.1) is 5.92 Å². The Hall–Kier alpha value is -3.28. The lowest BCUT2D eigenvalue weighted by atomic mass is 9.82. The molecule has 11 nitrogen and oxygen atoms in total. The van der Waals surface area contributed by atoms with Crippen molar-refractivity contribution >= 4 is 94.1 Å². The average molecular weight is 780 g/mol. The molecule has 1 aromatic heterocycles. The molecule has 44 heavy (non-hydrogen) atoms. The highest BCUT2D eigenvalue weighted by Gasteiger charge is 2.56. The Morgan fingerprint density at radius 1 is 0.977 bits per heavy atom. The van der Waals surface area contributed by atoms with E-state index in [1.807, 2.05) is 0 Å². The first kappa shape index (κ1) is 30.7. The van der Waals surface area contributed by atoms with Crippen LogP contribution < -0.4 is 25.0 Å².